The molecule has 0 spiro atoms. The monoisotopic (exact) mass is 347 g/mol. The molecule has 3 rings (SSSR count). The van der Waals surface area contributed by atoms with E-state index in [0.717, 1.165) is 38.2 Å². The molecule has 2 aliphatic rings. The highest BCUT2D eigenvalue weighted by Crippen LogP contribution is 2.35. The molecule has 1 aromatic rings. The smallest absolute Gasteiger partial charge is 0.240 e. The van der Waals surface area contributed by atoms with E-state index in [-0.39, 0.29) is 11.4 Å². The summed E-state index contributed by atoms with van der Waals surface area (Å²) < 4.78 is 2.08. The molecular weight excluding hydrogens is 314 g/mol. The van der Waals surface area contributed by atoms with Crippen molar-refractivity contribution in [3.8, 4) is 0 Å². The summed E-state index contributed by atoms with van der Waals surface area (Å²) in [4.78, 5) is 15.7. The number of rotatable bonds is 6. The zero-order valence-corrected chi connectivity index (χ0v) is 15.8. The second kappa shape index (κ2) is 8.30. The van der Waals surface area contributed by atoms with E-state index in [2.05, 4.69) is 38.8 Å². The molecule has 1 saturated heterocycles. The first kappa shape index (κ1) is 18.4. The number of piperidine rings is 1. The normalized spacial score (nSPS) is 21.4. The largest absolute Gasteiger partial charge is 0.354 e. The van der Waals surface area contributed by atoms with Crippen LogP contribution in [0.5, 0.6) is 0 Å². The summed E-state index contributed by atoms with van der Waals surface area (Å²) in [5.74, 6) is 1.19. The predicted molar refractivity (Wildman–Crippen MR) is 98.4 cm³/mol. The molecule has 6 heteroatoms. The third-order valence-corrected chi connectivity index (χ3v) is 5.90. The van der Waals surface area contributed by atoms with Crippen molar-refractivity contribution in [2.45, 2.75) is 83.2 Å². The molecule has 1 aromatic heterocycles. The van der Waals surface area contributed by atoms with Gasteiger partial charge in [-0.3, -0.25) is 9.69 Å². The van der Waals surface area contributed by atoms with Gasteiger partial charge >= 0.3 is 0 Å². The lowest BCUT2D eigenvalue weighted by Gasteiger charge is -2.46. The third-order valence-electron chi connectivity index (χ3n) is 5.90. The van der Waals surface area contributed by atoms with Gasteiger partial charge in [0.25, 0.3) is 0 Å². The first-order valence-electron chi connectivity index (χ1n) is 10.1. The lowest BCUT2D eigenvalue weighted by atomic mass is 9.78. The summed E-state index contributed by atoms with van der Waals surface area (Å²) in [7, 11) is 0. The fourth-order valence-corrected chi connectivity index (χ4v) is 4.47. The number of likely N-dealkylation sites (tertiary alicyclic amines) is 1. The molecular formula is C19H33N5O. The molecule has 6 nitrogen and oxygen atoms in total. The van der Waals surface area contributed by atoms with Crippen LogP contribution in [0.3, 0.4) is 0 Å². The molecule has 1 aliphatic heterocycles. The first-order valence-corrected chi connectivity index (χ1v) is 10.1. The Morgan fingerprint density at radius 1 is 1.16 bits per heavy atom. The van der Waals surface area contributed by atoms with Crippen LogP contribution in [0.4, 0.5) is 0 Å². The van der Waals surface area contributed by atoms with Gasteiger partial charge in [-0.25, -0.2) is 0 Å². The van der Waals surface area contributed by atoms with Crippen LogP contribution in [-0.2, 0) is 11.2 Å². The van der Waals surface area contributed by atoms with Crippen molar-refractivity contribution >= 4 is 5.91 Å². The van der Waals surface area contributed by atoms with E-state index in [4.69, 9.17) is 0 Å². The third kappa shape index (κ3) is 4.05. The molecule has 1 N–H and O–H groups in total. The molecule has 0 aromatic carbocycles. The number of nitrogens with one attached hydrogen (secondary N) is 1. The molecule has 0 radical (unpaired) electrons. The Labute approximate surface area is 151 Å². The van der Waals surface area contributed by atoms with Crippen LogP contribution >= 0.6 is 0 Å². The van der Waals surface area contributed by atoms with Crippen molar-refractivity contribution in [2.24, 2.45) is 0 Å². The molecule has 1 aliphatic carbocycles. The van der Waals surface area contributed by atoms with Gasteiger partial charge in [-0.2, -0.15) is 0 Å². The molecule has 140 valence electrons. The van der Waals surface area contributed by atoms with Crippen molar-refractivity contribution < 1.29 is 4.79 Å². The summed E-state index contributed by atoms with van der Waals surface area (Å²) in [6.07, 6.45) is 11.9. The van der Waals surface area contributed by atoms with Gasteiger partial charge in [0, 0.05) is 19.0 Å². The Bertz CT molecular complexity index is 556. The van der Waals surface area contributed by atoms with E-state index in [9.17, 15) is 4.79 Å². The maximum atomic E-state index is 13.2. The molecule has 2 heterocycles. The van der Waals surface area contributed by atoms with Gasteiger partial charge in [0.2, 0.25) is 5.91 Å². The molecule has 0 bridgehead atoms. The van der Waals surface area contributed by atoms with E-state index >= 15 is 0 Å². The standard InChI is InChI=1S/C19H33N5O/c1-16(2)24-15-21-22-17(24)9-12-20-18(25)19(10-5-3-6-11-19)23-13-7-4-8-14-23/h15-16H,3-14H2,1-2H3,(H,20,25). The Hall–Kier alpha value is -1.43. The predicted octanol–water partition coefficient (Wildman–Crippen LogP) is 2.71. The maximum absolute atomic E-state index is 13.2. The Balaban J connectivity index is 1.61. The number of carbonyl (C=O) groups is 1. The Morgan fingerprint density at radius 3 is 2.52 bits per heavy atom. The van der Waals surface area contributed by atoms with Crippen molar-refractivity contribution in [1.82, 2.24) is 25.0 Å². The van der Waals surface area contributed by atoms with Gasteiger partial charge in [-0.1, -0.05) is 25.7 Å². The van der Waals surface area contributed by atoms with Crippen molar-refractivity contribution in [2.75, 3.05) is 19.6 Å². The number of amides is 1. The van der Waals surface area contributed by atoms with Crippen molar-refractivity contribution in [3.05, 3.63) is 12.2 Å². The van der Waals surface area contributed by atoms with Gasteiger partial charge in [0.1, 0.15) is 17.7 Å². The number of nitrogens with zero attached hydrogens (tertiary/aromatic N) is 4. The number of aromatic nitrogens is 3. The second-order valence-electron chi connectivity index (χ2n) is 7.89. The van der Waals surface area contributed by atoms with Gasteiger partial charge < -0.3 is 9.88 Å². The summed E-state index contributed by atoms with van der Waals surface area (Å²) in [5, 5.41) is 11.4. The maximum Gasteiger partial charge on any atom is 0.240 e. The fraction of sp³-hybridized carbons (Fsp3) is 0.842. The molecule has 25 heavy (non-hydrogen) atoms. The van der Waals surface area contributed by atoms with Crippen LogP contribution in [-0.4, -0.2) is 50.7 Å². The number of hydrogen-bond acceptors (Lipinski definition) is 4. The van der Waals surface area contributed by atoms with Crippen molar-refractivity contribution in [1.29, 1.82) is 0 Å². The van der Waals surface area contributed by atoms with Gasteiger partial charge in [-0.05, 0) is 52.6 Å². The number of carbonyl (C=O) groups excluding carboxylic acids is 1. The highest BCUT2D eigenvalue weighted by Gasteiger charge is 2.44. The molecule has 1 saturated carbocycles. The topological polar surface area (TPSA) is 63.1 Å². The Kier molecular flexibility index (Phi) is 6.10. The lowest BCUT2D eigenvalue weighted by Crippen LogP contribution is -2.61. The van der Waals surface area contributed by atoms with E-state index in [1.54, 1.807) is 6.33 Å². The second-order valence-corrected chi connectivity index (χ2v) is 7.89. The summed E-state index contributed by atoms with van der Waals surface area (Å²) in [6.45, 7) is 7.04. The highest BCUT2D eigenvalue weighted by atomic mass is 16.2. The summed E-state index contributed by atoms with van der Waals surface area (Å²) in [5.41, 5.74) is -0.260. The quantitative estimate of drug-likeness (QED) is 0.859. The van der Waals surface area contributed by atoms with E-state index in [1.165, 1.54) is 38.5 Å². The van der Waals surface area contributed by atoms with Crippen LogP contribution in [0.15, 0.2) is 6.33 Å². The van der Waals surface area contributed by atoms with Crippen molar-refractivity contribution in [3.63, 3.8) is 0 Å². The first-order chi connectivity index (χ1) is 12.1. The van der Waals surface area contributed by atoms with Crippen LogP contribution in [0.25, 0.3) is 0 Å². The van der Waals surface area contributed by atoms with Crippen LogP contribution in [0.2, 0.25) is 0 Å². The minimum absolute atomic E-state index is 0.240. The van der Waals surface area contributed by atoms with Crippen LogP contribution < -0.4 is 5.32 Å². The fourth-order valence-electron chi connectivity index (χ4n) is 4.47. The Morgan fingerprint density at radius 2 is 1.84 bits per heavy atom. The minimum Gasteiger partial charge on any atom is -0.354 e. The molecule has 2 fully saturated rings. The molecule has 0 atom stereocenters. The lowest BCUT2D eigenvalue weighted by molar-refractivity contribution is -0.137. The minimum atomic E-state index is -0.260. The number of hydrogen-bond donors (Lipinski definition) is 1. The van der Waals surface area contributed by atoms with Crippen LogP contribution in [0, 0.1) is 0 Å². The van der Waals surface area contributed by atoms with E-state index < -0.39 is 0 Å². The molecule has 1 amide bonds. The average molecular weight is 348 g/mol. The van der Waals surface area contributed by atoms with Gasteiger partial charge in [-0.15, -0.1) is 10.2 Å². The zero-order chi connectivity index (χ0) is 17.7. The average Bonchev–Trinajstić information content (AvgIpc) is 3.12. The van der Waals surface area contributed by atoms with E-state index in [0.29, 0.717) is 12.6 Å². The van der Waals surface area contributed by atoms with Gasteiger partial charge in [0.15, 0.2) is 0 Å². The molecule has 0 unspecified atom stereocenters. The summed E-state index contributed by atoms with van der Waals surface area (Å²) >= 11 is 0. The van der Waals surface area contributed by atoms with E-state index in [1.807, 2.05) is 0 Å². The van der Waals surface area contributed by atoms with Gasteiger partial charge in [0.05, 0.1) is 0 Å². The van der Waals surface area contributed by atoms with Crippen LogP contribution in [0.1, 0.15) is 77.1 Å². The SMILES string of the molecule is CC(C)n1cnnc1CCNC(=O)C1(N2CCCCC2)CCCCC1. The zero-order valence-electron chi connectivity index (χ0n) is 15.8. The summed E-state index contributed by atoms with van der Waals surface area (Å²) in [6, 6.07) is 0.346. The highest BCUT2D eigenvalue weighted by molar-refractivity contribution is 5.86.